The lowest BCUT2D eigenvalue weighted by molar-refractivity contribution is -0.137. The summed E-state index contributed by atoms with van der Waals surface area (Å²) in [6, 6.07) is 1.76. The van der Waals surface area contributed by atoms with Gasteiger partial charge in [-0.1, -0.05) is 0 Å². The third-order valence-corrected chi connectivity index (χ3v) is 2.04. The second-order valence-electron chi connectivity index (χ2n) is 3.43. The molecule has 0 unspecified atom stereocenters. The first-order valence-electron chi connectivity index (χ1n) is 4.85. The molecule has 0 aliphatic carbocycles. The van der Waals surface area contributed by atoms with Gasteiger partial charge in [-0.2, -0.15) is 13.2 Å². The van der Waals surface area contributed by atoms with Crippen LogP contribution in [0.15, 0.2) is 30.1 Å². The minimum absolute atomic E-state index is 0.0489. The van der Waals surface area contributed by atoms with E-state index in [0.29, 0.717) is 12.1 Å². The molecule has 0 aromatic heterocycles. The van der Waals surface area contributed by atoms with Gasteiger partial charge in [-0.05, 0) is 12.1 Å². The summed E-state index contributed by atoms with van der Waals surface area (Å²) in [6.45, 7) is -0.480. The quantitative estimate of drug-likeness (QED) is 0.851. The molecule has 0 bridgehead atoms. The van der Waals surface area contributed by atoms with Crippen LogP contribution in [-0.2, 0) is 6.18 Å². The van der Waals surface area contributed by atoms with E-state index in [2.05, 4.69) is 0 Å². The van der Waals surface area contributed by atoms with Crippen LogP contribution in [0.5, 0.6) is 5.75 Å². The molecule has 1 aromatic carbocycles. The van der Waals surface area contributed by atoms with Crippen LogP contribution in [-0.4, -0.2) is 13.2 Å². The molecule has 0 fully saturated rings. The van der Waals surface area contributed by atoms with Gasteiger partial charge in [0.05, 0.1) is 11.9 Å². The highest BCUT2D eigenvalue weighted by Gasteiger charge is 2.31. The highest BCUT2D eigenvalue weighted by molar-refractivity contribution is 5.31. The van der Waals surface area contributed by atoms with Crippen molar-refractivity contribution in [2.75, 3.05) is 13.2 Å². The molecule has 0 aliphatic heterocycles. The highest BCUT2D eigenvalue weighted by Crippen LogP contribution is 2.32. The van der Waals surface area contributed by atoms with Gasteiger partial charge in [0.15, 0.2) is 0 Å². The molecule has 0 aliphatic rings. The van der Waals surface area contributed by atoms with Crippen molar-refractivity contribution >= 4 is 0 Å². The molecule has 2 N–H and O–H groups in total. The zero-order valence-corrected chi connectivity index (χ0v) is 9.10. The van der Waals surface area contributed by atoms with Crippen molar-refractivity contribution in [3.8, 4) is 5.75 Å². The van der Waals surface area contributed by atoms with E-state index in [0.717, 1.165) is 6.07 Å². The molecule has 0 radical (unpaired) electrons. The molecule has 0 atom stereocenters. The van der Waals surface area contributed by atoms with Crippen LogP contribution >= 0.6 is 0 Å². The number of ether oxygens (including phenoxy) is 1. The number of nitrogens with two attached hydrogens (primary N) is 1. The van der Waals surface area contributed by atoms with Crippen molar-refractivity contribution in [2.24, 2.45) is 5.73 Å². The molecule has 18 heavy (non-hydrogen) atoms. The van der Waals surface area contributed by atoms with E-state index in [-0.39, 0.29) is 30.8 Å². The molecule has 0 saturated carbocycles. The second-order valence-corrected chi connectivity index (χ2v) is 3.43. The van der Waals surface area contributed by atoms with E-state index < -0.39 is 17.6 Å². The SMILES string of the molecule is NC/C(=C\F)COc1cc(F)cc(C(F)(F)F)c1. The molecule has 1 aromatic rings. The summed E-state index contributed by atoms with van der Waals surface area (Å²) in [6.07, 6.45) is -4.48. The number of alkyl halides is 3. The summed E-state index contributed by atoms with van der Waals surface area (Å²) in [7, 11) is 0. The van der Waals surface area contributed by atoms with Crippen molar-refractivity contribution in [1.82, 2.24) is 0 Å². The van der Waals surface area contributed by atoms with Crippen molar-refractivity contribution in [2.45, 2.75) is 6.18 Å². The Bertz CT molecular complexity index is 442. The summed E-state index contributed by atoms with van der Waals surface area (Å²) in [5, 5.41) is 0. The monoisotopic (exact) mass is 267 g/mol. The summed E-state index contributed by atoms with van der Waals surface area (Å²) in [5.74, 6) is -1.42. The Kier molecular flexibility index (Phi) is 4.66. The third-order valence-electron chi connectivity index (χ3n) is 2.04. The van der Waals surface area contributed by atoms with Gasteiger partial charge >= 0.3 is 6.18 Å². The normalized spacial score (nSPS) is 12.7. The zero-order chi connectivity index (χ0) is 13.8. The standard InChI is InChI=1S/C11H10F5NO/c12-4-7(5-17)6-18-10-2-8(11(14,15)16)1-9(13)3-10/h1-4H,5-6,17H2/b7-4+. The van der Waals surface area contributed by atoms with Crippen LogP contribution in [0, 0.1) is 5.82 Å². The maximum atomic E-state index is 13.0. The van der Waals surface area contributed by atoms with E-state index in [9.17, 15) is 22.0 Å². The summed E-state index contributed by atoms with van der Waals surface area (Å²) in [5.41, 5.74) is 4.01. The van der Waals surface area contributed by atoms with Crippen LogP contribution in [0.3, 0.4) is 0 Å². The Morgan fingerprint density at radius 2 is 1.94 bits per heavy atom. The lowest BCUT2D eigenvalue weighted by atomic mass is 10.2. The van der Waals surface area contributed by atoms with Gasteiger partial charge in [0.1, 0.15) is 18.2 Å². The van der Waals surface area contributed by atoms with Crippen molar-refractivity contribution < 1.29 is 26.7 Å². The summed E-state index contributed by atoms with van der Waals surface area (Å²) >= 11 is 0. The highest BCUT2D eigenvalue weighted by atomic mass is 19.4. The maximum Gasteiger partial charge on any atom is 0.416 e. The van der Waals surface area contributed by atoms with E-state index in [1.807, 2.05) is 0 Å². The molecule has 100 valence electrons. The van der Waals surface area contributed by atoms with Gasteiger partial charge in [-0.15, -0.1) is 0 Å². The van der Waals surface area contributed by atoms with Gasteiger partial charge < -0.3 is 10.5 Å². The molecule has 0 spiro atoms. The Hall–Kier alpha value is -1.63. The largest absolute Gasteiger partial charge is 0.489 e. The van der Waals surface area contributed by atoms with Crippen LogP contribution < -0.4 is 10.5 Å². The Morgan fingerprint density at radius 3 is 2.44 bits per heavy atom. The smallest absolute Gasteiger partial charge is 0.416 e. The van der Waals surface area contributed by atoms with Crippen molar-refractivity contribution in [3.05, 3.63) is 41.5 Å². The Labute approximate surface area is 99.8 Å². The predicted octanol–water partition coefficient (Wildman–Crippen LogP) is 3.04. The fraction of sp³-hybridized carbons (Fsp3) is 0.273. The Morgan fingerprint density at radius 1 is 1.28 bits per heavy atom. The molecule has 0 amide bonds. The molecule has 7 heteroatoms. The van der Waals surface area contributed by atoms with Crippen LogP contribution in [0.2, 0.25) is 0 Å². The molecule has 2 nitrogen and oxygen atoms in total. The first-order valence-corrected chi connectivity index (χ1v) is 4.85. The summed E-state index contributed by atoms with van der Waals surface area (Å²) in [4.78, 5) is 0. The van der Waals surface area contributed by atoms with Crippen molar-refractivity contribution in [3.63, 3.8) is 0 Å². The number of hydrogen-bond acceptors (Lipinski definition) is 2. The average Bonchev–Trinajstić information content (AvgIpc) is 2.28. The van der Waals surface area contributed by atoms with Crippen LogP contribution in [0.4, 0.5) is 22.0 Å². The van der Waals surface area contributed by atoms with Gasteiger partial charge in [-0.3, -0.25) is 0 Å². The number of halogens is 5. The van der Waals surface area contributed by atoms with Crippen LogP contribution in [0.25, 0.3) is 0 Å². The van der Waals surface area contributed by atoms with Gasteiger partial charge in [-0.25, -0.2) is 8.78 Å². The van der Waals surface area contributed by atoms with Crippen molar-refractivity contribution in [1.29, 1.82) is 0 Å². The fourth-order valence-corrected chi connectivity index (χ4v) is 1.12. The molecular formula is C11H10F5NO. The number of rotatable bonds is 4. The average molecular weight is 267 g/mol. The van der Waals surface area contributed by atoms with E-state index in [1.54, 1.807) is 0 Å². The molecule has 1 rings (SSSR count). The predicted molar refractivity (Wildman–Crippen MR) is 55.1 cm³/mol. The number of hydrogen-bond donors (Lipinski definition) is 1. The van der Waals surface area contributed by atoms with E-state index in [1.165, 1.54) is 0 Å². The summed E-state index contributed by atoms with van der Waals surface area (Å²) < 4.78 is 67.0. The number of benzene rings is 1. The maximum absolute atomic E-state index is 13.0. The minimum Gasteiger partial charge on any atom is -0.489 e. The fourth-order valence-electron chi connectivity index (χ4n) is 1.12. The zero-order valence-electron chi connectivity index (χ0n) is 9.10. The van der Waals surface area contributed by atoms with E-state index in [4.69, 9.17) is 10.5 Å². The topological polar surface area (TPSA) is 35.2 Å². The second kappa shape index (κ2) is 5.81. The molecule has 0 heterocycles. The first-order chi connectivity index (χ1) is 8.36. The minimum atomic E-state index is -4.67. The van der Waals surface area contributed by atoms with Gasteiger partial charge in [0, 0.05) is 18.2 Å². The molecular weight excluding hydrogens is 257 g/mol. The lowest BCUT2D eigenvalue weighted by Crippen LogP contribution is -2.11. The Balaban J connectivity index is 2.87. The lowest BCUT2D eigenvalue weighted by Gasteiger charge is -2.11. The molecule has 0 saturated heterocycles. The first kappa shape index (κ1) is 14.4. The van der Waals surface area contributed by atoms with Crippen LogP contribution in [0.1, 0.15) is 5.56 Å². The van der Waals surface area contributed by atoms with Gasteiger partial charge in [0.2, 0.25) is 0 Å². The third kappa shape index (κ3) is 3.99. The van der Waals surface area contributed by atoms with Gasteiger partial charge in [0.25, 0.3) is 0 Å². The van der Waals surface area contributed by atoms with E-state index >= 15 is 0 Å².